The molecule has 1 fully saturated rings. The quantitative estimate of drug-likeness (QED) is 0.564. The first-order chi connectivity index (χ1) is 12.8. The van der Waals surface area contributed by atoms with E-state index in [0.717, 1.165) is 37.8 Å². The molecule has 2 heterocycles. The van der Waals surface area contributed by atoms with E-state index in [-0.39, 0.29) is 22.9 Å². The van der Waals surface area contributed by atoms with Gasteiger partial charge in [0.05, 0.1) is 5.75 Å². The van der Waals surface area contributed by atoms with Crippen LogP contribution in [0.5, 0.6) is 0 Å². The van der Waals surface area contributed by atoms with E-state index >= 15 is 0 Å². The molecule has 0 saturated carbocycles. The number of likely N-dealkylation sites (tertiary alicyclic amines) is 1. The molecule has 1 atom stereocenters. The van der Waals surface area contributed by atoms with E-state index in [4.69, 9.17) is 5.84 Å². The summed E-state index contributed by atoms with van der Waals surface area (Å²) < 4.78 is 38.2. The molecule has 1 aliphatic heterocycles. The Hall–Kier alpha value is -2.27. The van der Waals surface area contributed by atoms with Crippen LogP contribution in [0.25, 0.3) is 0 Å². The SMILES string of the molecule is Nn1c(SCC(=O)NC2CCN(Cc3ccccc3)C2)nnc1C(F)(F)F. The Balaban J connectivity index is 1.44. The highest BCUT2D eigenvalue weighted by molar-refractivity contribution is 7.99. The number of hydrogen-bond acceptors (Lipinski definition) is 6. The first kappa shape index (κ1) is 19.5. The van der Waals surface area contributed by atoms with Crippen LogP contribution >= 0.6 is 11.8 Å². The molecule has 0 radical (unpaired) electrons. The van der Waals surface area contributed by atoms with E-state index in [1.54, 1.807) is 0 Å². The van der Waals surface area contributed by atoms with Crippen molar-refractivity contribution in [1.29, 1.82) is 0 Å². The van der Waals surface area contributed by atoms with Gasteiger partial charge in [-0.1, -0.05) is 42.1 Å². The van der Waals surface area contributed by atoms with Crippen LogP contribution in [-0.2, 0) is 17.5 Å². The molecule has 0 bridgehead atoms. The molecule has 7 nitrogen and oxygen atoms in total. The van der Waals surface area contributed by atoms with Crippen molar-refractivity contribution < 1.29 is 18.0 Å². The molecule has 3 N–H and O–H groups in total. The van der Waals surface area contributed by atoms with Crippen molar-refractivity contribution in [1.82, 2.24) is 25.1 Å². The van der Waals surface area contributed by atoms with Crippen molar-refractivity contribution >= 4 is 17.7 Å². The van der Waals surface area contributed by atoms with Gasteiger partial charge in [-0.25, -0.2) is 4.68 Å². The summed E-state index contributed by atoms with van der Waals surface area (Å²) in [7, 11) is 0. The number of alkyl halides is 3. The zero-order valence-electron chi connectivity index (χ0n) is 14.3. The maximum absolute atomic E-state index is 12.6. The van der Waals surface area contributed by atoms with Crippen molar-refractivity contribution in [2.45, 2.75) is 30.3 Å². The molecular formula is C16H19F3N6OS. The molecule has 146 valence electrons. The number of benzene rings is 1. The van der Waals surface area contributed by atoms with Crippen LogP contribution in [0.2, 0.25) is 0 Å². The third-order valence-corrected chi connectivity index (χ3v) is 5.08. The van der Waals surface area contributed by atoms with Gasteiger partial charge in [0.25, 0.3) is 5.82 Å². The van der Waals surface area contributed by atoms with Gasteiger partial charge < -0.3 is 11.2 Å². The van der Waals surface area contributed by atoms with Crippen molar-refractivity contribution in [3.8, 4) is 0 Å². The number of rotatable bonds is 6. The van der Waals surface area contributed by atoms with Crippen LogP contribution < -0.4 is 11.2 Å². The van der Waals surface area contributed by atoms with Gasteiger partial charge in [0, 0.05) is 25.7 Å². The summed E-state index contributed by atoms with van der Waals surface area (Å²) in [6.07, 6.45) is -3.86. The smallest absolute Gasteiger partial charge is 0.351 e. The fraction of sp³-hybridized carbons (Fsp3) is 0.438. The van der Waals surface area contributed by atoms with E-state index in [9.17, 15) is 18.0 Å². The number of aromatic nitrogens is 3. The number of thioether (sulfide) groups is 1. The maximum atomic E-state index is 12.6. The minimum absolute atomic E-state index is 0.0169. The number of halogens is 3. The third-order valence-electron chi connectivity index (χ3n) is 4.14. The van der Waals surface area contributed by atoms with Gasteiger partial charge in [0.2, 0.25) is 11.1 Å². The Labute approximate surface area is 158 Å². The average molecular weight is 400 g/mol. The zero-order chi connectivity index (χ0) is 19.4. The van der Waals surface area contributed by atoms with Crippen molar-refractivity contribution in [2.24, 2.45) is 0 Å². The lowest BCUT2D eigenvalue weighted by atomic mass is 10.2. The second-order valence-corrected chi connectivity index (χ2v) is 7.18. The van der Waals surface area contributed by atoms with Crippen LogP contribution in [0, 0.1) is 0 Å². The second-order valence-electron chi connectivity index (χ2n) is 6.24. The molecule has 1 aromatic heterocycles. The van der Waals surface area contributed by atoms with Crippen LogP contribution in [0.1, 0.15) is 17.8 Å². The monoisotopic (exact) mass is 400 g/mol. The van der Waals surface area contributed by atoms with Crippen molar-refractivity contribution in [3.05, 3.63) is 41.7 Å². The molecule has 1 amide bonds. The fourth-order valence-electron chi connectivity index (χ4n) is 2.90. The van der Waals surface area contributed by atoms with Crippen LogP contribution in [0.4, 0.5) is 13.2 Å². The van der Waals surface area contributed by atoms with E-state index < -0.39 is 12.0 Å². The van der Waals surface area contributed by atoms with Crippen molar-refractivity contribution in [2.75, 3.05) is 24.7 Å². The normalized spacial score (nSPS) is 18.0. The number of amides is 1. The molecule has 3 rings (SSSR count). The predicted octanol–water partition coefficient (Wildman–Crippen LogP) is 1.49. The Morgan fingerprint density at radius 2 is 2.04 bits per heavy atom. The Bertz CT molecular complexity index is 782. The Morgan fingerprint density at radius 1 is 1.30 bits per heavy atom. The standard InChI is InChI=1S/C16H19F3N6OS/c17-16(18,19)14-22-23-15(25(14)20)27-10-13(26)21-12-6-7-24(9-12)8-11-4-2-1-3-5-11/h1-5,12H,6-10,20H2,(H,21,26). The molecular weight excluding hydrogens is 381 g/mol. The summed E-state index contributed by atoms with van der Waals surface area (Å²) in [6, 6.07) is 10.1. The van der Waals surface area contributed by atoms with Gasteiger partial charge in [-0.15, -0.1) is 10.2 Å². The highest BCUT2D eigenvalue weighted by atomic mass is 32.2. The van der Waals surface area contributed by atoms with E-state index in [1.165, 1.54) is 5.56 Å². The highest BCUT2D eigenvalue weighted by Crippen LogP contribution is 2.28. The number of nitrogens with two attached hydrogens (primary N) is 1. The summed E-state index contributed by atoms with van der Waals surface area (Å²) in [5, 5.41) is 9.15. The fourth-order valence-corrected chi connectivity index (χ4v) is 3.57. The summed E-state index contributed by atoms with van der Waals surface area (Å²) in [6.45, 7) is 2.42. The molecule has 1 saturated heterocycles. The molecule has 1 aromatic carbocycles. The minimum atomic E-state index is -4.69. The molecule has 0 aliphatic carbocycles. The zero-order valence-corrected chi connectivity index (χ0v) is 15.1. The van der Waals surface area contributed by atoms with Crippen LogP contribution in [0.3, 0.4) is 0 Å². The molecule has 27 heavy (non-hydrogen) atoms. The second kappa shape index (κ2) is 8.17. The van der Waals surface area contributed by atoms with Gasteiger partial charge in [-0.3, -0.25) is 9.69 Å². The lowest BCUT2D eigenvalue weighted by Crippen LogP contribution is -2.38. The molecule has 0 spiro atoms. The van der Waals surface area contributed by atoms with Gasteiger partial charge >= 0.3 is 6.18 Å². The number of hydrogen-bond donors (Lipinski definition) is 2. The summed E-state index contributed by atoms with van der Waals surface area (Å²) in [5.74, 6) is 3.69. The van der Waals surface area contributed by atoms with Gasteiger partial charge in [-0.2, -0.15) is 13.2 Å². The number of nitrogens with one attached hydrogen (secondary N) is 1. The van der Waals surface area contributed by atoms with Crippen LogP contribution in [0.15, 0.2) is 35.5 Å². The Kier molecular flexibility index (Phi) is 5.90. The average Bonchev–Trinajstić information content (AvgIpc) is 3.20. The van der Waals surface area contributed by atoms with Gasteiger partial charge in [0.1, 0.15) is 0 Å². The topological polar surface area (TPSA) is 89.1 Å². The number of nitrogens with zero attached hydrogens (tertiary/aromatic N) is 4. The van der Waals surface area contributed by atoms with Gasteiger partial charge in [-0.05, 0) is 12.0 Å². The third kappa shape index (κ3) is 5.13. The van der Waals surface area contributed by atoms with Crippen LogP contribution in [-0.4, -0.2) is 50.6 Å². The predicted molar refractivity (Wildman–Crippen MR) is 94.2 cm³/mol. The van der Waals surface area contributed by atoms with Crippen molar-refractivity contribution in [3.63, 3.8) is 0 Å². The number of carbonyl (C=O) groups is 1. The molecule has 1 aliphatic rings. The van der Waals surface area contributed by atoms with Gasteiger partial charge in [0.15, 0.2) is 0 Å². The number of nitrogen functional groups attached to an aromatic ring is 1. The largest absolute Gasteiger partial charge is 0.453 e. The lowest BCUT2D eigenvalue weighted by molar-refractivity contribution is -0.146. The molecule has 2 aromatic rings. The number of carbonyl (C=O) groups excluding carboxylic acids is 1. The maximum Gasteiger partial charge on any atom is 0.453 e. The summed E-state index contributed by atoms with van der Waals surface area (Å²) >= 11 is 0.818. The van der Waals surface area contributed by atoms with E-state index in [1.807, 2.05) is 18.2 Å². The van der Waals surface area contributed by atoms with E-state index in [0.29, 0.717) is 4.68 Å². The Morgan fingerprint density at radius 3 is 2.70 bits per heavy atom. The lowest BCUT2D eigenvalue weighted by Gasteiger charge is -2.16. The first-order valence-electron chi connectivity index (χ1n) is 8.29. The molecule has 11 heteroatoms. The van der Waals surface area contributed by atoms with E-state index in [2.05, 4.69) is 32.5 Å². The summed E-state index contributed by atoms with van der Waals surface area (Å²) in [5.41, 5.74) is 1.21. The first-order valence-corrected chi connectivity index (χ1v) is 9.27. The highest BCUT2D eigenvalue weighted by Gasteiger charge is 2.38. The summed E-state index contributed by atoms with van der Waals surface area (Å²) in [4.78, 5) is 14.3. The minimum Gasteiger partial charge on any atom is -0.351 e. The molecule has 1 unspecified atom stereocenters.